The van der Waals surface area contributed by atoms with Crippen molar-refractivity contribution in [1.82, 2.24) is 14.8 Å². The summed E-state index contributed by atoms with van der Waals surface area (Å²) in [5, 5.41) is 13.3. The number of halogens is 2. The minimum absolute atomic E-state index is 0.0797. The number of primary amides is 1. The van der Waals surface area contributed by atoms with E-state index in [1.165, 1.54) is 23.1 Å². The van der Waals surface area contributed by atoms with Crippen LogP contribution in [0.1, 0.15) is 40.0 Å². The summed E-state index contributed by atoms with van der Waals surface area (Å²) in [4.78, 5) is 26.0. The van der Waals surface area contributed by atoms with E-state index in [1.54, 1.807) is 24.3 Å². The van der Waals surface area contributed by atoms with E-state index in [0.29, 0.717) is 49.8 Å². The molecule has 0 saturated carbocycles. The molecule has 1 aliphatic carbocycles. The minimum atomic E-state index is -0.513. The van der Waals surface area contributed by atoms with Crippen LogP contribution in [0.4, 0.5) is 5.00 Å². The van der Waals surface area contributed by atoms with Crippen molar-refractivity contribution in [3.8, 4) is 5.75 Å². The average Bonchev–Trinajstić information content (AvgIpc) is 3.37. The molecule has 1 aromatic carbocycles. The maximum Gasteiger partial charge on any atom is 0.251 e. The van der Waals surface area contributed by atoms with Crippen LogP contribution in [0.2, 0.25) is 10.0 Å². The van der Waals surface area contributed by atoms with Gasteiger partial charge in [-0.15, -0.1) is 28.1 Å². The summed E-state index contributed by atoms with van der Waals surface area (Å²) in [6, 6.07) is 4.97. The van der Waals surface area contributed by atoms with Crippen LogP contribution in [-0.4, -0.2) is 32.3 Å². The summed E-state index contributed by atoms with van der Waals surface area (Å²) in [7, 11) is 0. The van der Waals surface area contributed by atoms with Crippen LogP contribution in [0.25, 0.3) is 0 Å². The fourth-order valence-corrected chi connectivity index (χ4v) is 6.63. The zero-order valence-electron chi connectivity index (χ0n) is 19.6. The lowest BCUT2D eigenvalue weighted by molar-refractivity contribution is -0.113. The Morgan fingerprint density at radius 2 is 2.19 bits per heavy atom. The van der Waals surface area contributed by atoms with Crippen LogP contribution in [0.5, 0.6) is 5.75 Å². The maximum atomic E-state index is 12.8. The lowest BCUT2D eigenvalue weighted by Gasteiger charge is -2.18. The molecule has 1 atom stereocenters. The number of nitrogens with one attached hydrogen (secondary N) is 1. The zero-order valence-corrected chi connectivity index (χ0v) is 22.7. The van der Waals surface area contributed by atoms with Crippen molar-refractivity contribution in [2.45, 2.75) is 44.5 Å². The molecule has 3 N–H and O–H groups in total. The molecule has 1 aliphatic rings. The SMILES string of the molecule is C=CCn1c(COc2ccc(Cl)cc2Cl)nnc1SCC(=O)Nc1sc2c(c1C(N)=O)CCC(C)C2. The number of thioether (sulfide) groups is 1. The number of ether oxygens (including phenoxy) is 1. The van der Waals surface area contributed by atoms with Gasteiger partial charge in [-0.25, -0.2) is 0 Å². The number of amides is 2. The van der Waals surface area contributed by atoms with Gasteiger partial charge in [0, 0.05) is 16.4 Å². The van der Waals surface area contributed by atoms with Crippen molar-refractivity contribution < 1.29 is 14.3 Å². The molecule has 2 amide bonds. The molecule has 0 bridgehead atoms. The fraction of sp³-hybridized carbons (Fsp3) is 0.333. The third kappa shape index (κ3) is 6.05. The van der Waals surface area contributed by atoms with Gasteiger partial charge < -0.3 is 15.8 Å². The highest BCUT2D eigenvalue weighted by atomic mass is 35.5. The summed E-state index contributed by atoms with van der Waals surface area (Å²) in [5.41, 5.74) is 7.07. The molecule has 12 heteroatoms. The highest BCUT2D eigenvalue weighted by Crippen LogP contribution is 2.39. The Hall–Kier alpha value is -2.53. The van der Waals surface area contributed by atoms with Gasteiger partial charge in [-0.2, -0.15) is 0 Å². The van der Waals surface area contributed by atoms with Crippen molar-refractivity contribution in [3.63, 3.8) is 0 Å². The summed E-state index contributed by atoms with van der Waals surface area (Å²) in [6.45, 7) is 6.53. The zero-order chi connectivity index (χ0) is 25.8. The van der Waals surface area contributed by atoms with Crippen molar-refractivity contribution in [3.05, 3.63) is 62.7 Å². The van der Waals surface area contributed by atoms with Gasteiger partial charge >= 0.3 is 0 Å². The van der Waals surface area contributed by atoms with Gasteiger partial charge in [-0.1, -0.05) is 48.0 Å². The fourth-order valence-electron chi connectivity index (χ4n) is 3.97. The van der Waals surface area contributed by atoms with E-state index in [0.717, 1.165) is 29.7 Å². The number of nitrogens with zero attached hydrogens (tertiary/aromatic N) is 3. The quantitative estimate of drug-likeness (QED) is 0.252. The van der Waals surface area contributed by atoms with Crippen molar-refractivity contribution in [2.75, 3.05) is 11.1 Å². The van der Waals surface area contributed by atoms with Gasteiger partial charge in [0.2, 0.25) is 5.91 Å². The summed E-state index contributed by atoms with van der Waals surface area (Å²) in [5.74, 6) is 0.882. The molecule has 4 rings (SSSR count). The molecule has 2 heterocycles. The summed E-state index contributed by atoms with van der Waals surface area (Å²) < 4.78 is 7.60. The first-order valence-corrected chi connectivity index (χ1v) is 13.8. The van der Waals surface area contributed by atoms with E-state index in [9.17, 15) is 9.59 Å². The summed E-state index contributed by atoms with van der Waals surface area (Å²) >= 11 is 14.8. The molecule has 3 aromatic rings. The number of carbonyl (C=O) groups is 2. The molecular formula is C24H25Cl2N5O3S2. The Kier molecular flexibility index (Phi) is 8.61. The largest absolute Gasteiger partial charge is 0.484 e. The molecule has 8 nitrogen and oxygen atoms in total. The maximum absolute atomic E-state index is 12.8. The number of carbonyl (C=O) groups excluding carboxylic acids is 2. The lowest BCUT2D eigenvalue weighted by atomic mass is 9.88. The molecule has 0 spiro atoms. The standard InChI is InChI=1S/C24H25Cl2N5O3S2/c1-3-8-31-19(11-34-17-7-5-14(25)10-16(17)26)29-30-24(31)35-12-20(32)28-23-21(22(27)33)15-6-4-13(2)9-18(15)36-23/h3,5,7,10,13H,1,4,6,8-9,11-12H2,2H3,(H2,27,33)(H,28,32). The van der Waals surface area contributed by atoms with Gasteiger partial charge in [-0.3, -0.25) is 14.2 Å². The molecule has 0 saturated heterocycles. The highest BCUT2D eigenvalue weighted by Gasteiger charge is 2.27. The number of allylic oxidation sites excluding steroid dienone is 1. The normalized spacial score (nSPS) is 14.8. The third-order valence-electron chi connectivity index (χ3n) is 5.70. The van der Waals surface area contributed by atoms with Gasteiger partial charge in [0.05, 0.1) is 16.3 Å². The first-order valence-electron chi connectivity index (χ1n) is 11.2. The second-order valence-corrected chi connectivity index (χ2v) is 11.3. The Morgan fingerprint density at radius 1 is 1.39 bits per heavy atom. The van der Waals surface area contributed by atoms with Crippen molar-refractivity contribution >= 4 is 63.1 Å². The number of rotatable bonds is 10. The van der Waals surface area contributed by atoms with Crippen LogP contribution in [-0.2, 0) is 30.8 Å². The molecular weight excluding hydrogens is 541 g/mol. The van der Waals surface area contributed by atoms with Gasteiger partial charge in [-0.05, 0) is 48.9 Å². The molecule has 1 unspecified atom stereocenters. The average molecular weight is 567 g/mol. The van der Waals surface area contributed by atoms with E-state index in [4.69, 9.17) is 33.7 Å². The summed E-state index contributed by atoms with van der Waals surface area (Å²) in [6.07, 6.45) is 4.40. The lowest BCUT2D eigenvalue weighted by Crippen LogP contribution is -2.20. The number of nitrogens with two attached hydrogens (primary N) is 1. The number of hydrogen-bond acceptors (Lipinski definition) is 7. The predicted molar refractivity (Wildman–Crippen MR) is 144 cm³/mol. The number of hydrogen-bond donors (Lipinski definition) is 2. The Labute approximate surface area is 227 Å². The molecule has 0 fully saturated rings. The Morgan fingerprint density at radius 3 is 2.92 bits per heavy atom. The van der Waals surface area contributed by atoms with E-state index < -0.39 is 5.91 Å². The van der Waals surface area contributed by atoms with Crippen LogP contribution >= 0.6 is 46.3 Å². The van der Waals surface area contributed by atoms with Crippen LogP contribution in [0.15, 0.2) is 36.0 Å². The molecule has 190 valence electrons. The van der Waals surface area contributed by atoms with E-state index in [1.807, 2.05) is 4.57 Å². The highest BCUT2D eigenvalue weighted by molar-refractivity contribution is 7.99. The Balaban J connectivity index is 1.42. The number of thiophene rings is 1. The van der Waals surface area contributed by atoms with Crippen LogP contribution < -0.4 is 15.8 Å². The molecule has 0 aliphatic heterocycles. The van der Waals surface area contributed by atoms with E-state index >= 15 is 0 Å². The van der Waals surface area contributed by atoms with E-state index in [2.05, 4.69) is 29.0 Å². The predicted octanol–water partition coefficient (Wildman–Crippen LogP) is 5.37. The Bertz CT molecular complexity index is 1310. The number of aromatic nitrogens is 3. The first kappa shape index (κ1) is 26.5. The topological polar surface area (TPSA) is 112 Å². The number of fused-ring (bicyclic) bond motifs is 1. The van der Waals surface area contributed by atoms with Gasteiger partial charge in [0.25, 0.3) is 5.91 Å². The smallest absolute Gasteiger partial charge is 0.251 e. The minimum Gasteiger partial charge on any atom is -0.484 e. The second kappa shape index (κ2) is 11.7. The number of benzene rings is 1. The molecule has 0 radical (unpaired) electrons. The van der Waals surface area contributed by atoms with Crippen molar-refractivity contribution in [1.29, 1.82) is 0 Å². The monoisotopic (exact) mass is 565 g/mol. The van der Waals surface area contributed by atoms with E-state index in [-0.39, 0.29) is 18.3 Å². The van der Waals surface area contributed by atoms with Gasteiger partial charge in [0.15, 0.2) is 11.0 Å². The molecule has 2 aromatic heterocycles. The first-order chi connectivity index (χ1) is 17.3. The van der Waals surface area contributed by atoms with Crippen molar-refractivity contribution in [2.24, 2.45) is 11.7 Å². The van der Waals surface area contributed by atoms with Crippen LogP contribution in [0, 0.1) is 5.92 Å². The third-order valence-corrected chi connectivity index (χ3v) is 8.37. The second-order valence-electron chi connectivity index (χ2n) is 8.42. The number of anilines is 1. The van der Waals surface area contributed by atoms with Crippen LogP contribution in [0.3, 0.4) is 0 Å². The van der Waals surface area contributed by atoms with Gasteiger partial charge in [0.1, 0.15) is 17.4 Å². The molecule has 36 heavy (non-hydrogen) atoms.